The Hall–Kier alpha value is -4.63. The molecule has 202 valence electrons. The Kier molecular flexibility index (Phi) is 5.86. The number of para-hydroxylation sites is 1. The maximum atomic E-state index is 14.4. The third-order valence-corrected chi connectivity index (χ3v) is 9.01. The Labute approximate surface area is 243 Å². The molecule has 3 aliphatic carbocycles. The predicted molar refractivity (Wildman–Crippen MR) is 153 cm³/mol. The van der Waals surface area contributed by atoms with Gasteiger partial charge in [-0.05, 0) is 46.0 Å². The summed E-state index contributed by atoms with van der Waals surface area (Å²) in [5.74, 6) is -3.79. The van der Waals surface area contributed by atoms with Crippen LogP contribution >= 0.6 is 15.9 Å². The SMILES string of the molecule is O=C(c1ccccc1[N+](=O)[O-])N(Cc1ccc(Br)cc1)N1C(=O)[C@@H]2C3c4ccccc4C(c4ccccc43)[C@@H]2C1=O. The van der Waals surface area contributed by atoms with Crippen molar-refractivity contribution in [3.63, 3.8) is 0 Å². The molecule has 4 aliphatic rings. The topological polar surface area (TPSA) is 101 Å². The van der Waals surface area contributed by atoms with E-state index in [1.165, 1.54) is 24.3 Å². The lowest BCUT2D eigenvalue weighted by atomic mass is 9.55. The van der Waals surface area contributed by atoms with Gasteiger partial charge in [-0.25, -0.2) is 5.01 Å². The number of imide groups is 1. The molecule has 4 aromatic carbocycles. The van der Waals surface area contributed by atoms with Crippen molar-refractivity contribution >= 4 is 39.3 Å². The lowest BCUT2D eigenvalue weighted by Gasteiger charge is -2.45. The number of nitro groups is 1. The monoisotopic (exact) mass is 607 g/mol. The van der Waals surface area contributed by atoms with Crippen LogP contribution in [-0.2, 0) is 16.1 Å². The summed E-state index contributed by atoms with van der Waals surface area (Å²) < 4.78 is 0.823. The van der Waals surface area contributed by atoms with Crippen molar-refractivity contribution < 1.29 is 19.3 Å². The summed E-state index contributed by atoms with van der Waals surface area (Å²) in [7, 11) is 0. The second-order valence-electron chi connectivity index (χ2n) is 10.5. The Morgan fingerprint density at radius 3 is 1.71 bits per heavy atom. The first-order chi connectivity index (χ1) is 19.9. The van der Waals surface area contributed by atoms with Crippen LogP contribution in [-0.4, -0.2) is 32.7 Å². The van der Waals surface area contributed by atoms with Gasteiger partial charge in [0.05, 0.1) is 23.3 Å². The van der Waals surface area contributed by atoms with Gasteiger partial charge in [0, 0.05) is 22.4 Å². The molecule has 2 atom stereocenters. The van der Waals surface area contributed by atoms with E-state index >= 15 is 0 Å². The third kappa shape index (κ3) is 3.76. The minimum absolute atomic E-state index is 0.121. The Bertz CT molecular complexity index is 1660. The molecule has 0 aromatic heterocycles. The fourth-order valence-corrected chi connectivity index (χ4v) is 7.11. The van der Waals surface area contributed by atoms with Crippen LogP contribution in [0.15, 0.2) is 102 Å². The second kappa shape index (κ2) is 9.49. The van der Waals surface area contributed by atoms with E-state index in [1.807, 2.05) is 48.5 Å². The summed E-state index contributed by atoms with van der Waals surface area (Å²) in [6.45, 7) is -0.121. The standard InChI is InChI=1S/C32H22BrN3O5/c33-19-15-13-18(14-16-19)17-34(30(37)24-11-5-6-12-25(24)36(40)41)35-31(38)28-26-20-7-1-2-8-21(20)27(29(28)32(35)39)23-10-4-3-9-22(23)26/h1-16,26-29H,17H2/t26?,27?,28-,29+. The van der Waals surface area contributed by atoms with E-state index in [0.29, 0.717) is 5.56 Å². The van der Waals surface area contributed by atoms with Crippen LogP contribution in [0.5, 0.6) is 0 Å². The van der Waals surface area contributed by atoms with E-state index in [9.17, 15) is 24.5 Å². The predicted octanol–water partition coefficient (Wildman–Crippen LogP) is 5.81. The maximum absolute atomic E-state index is 14.4. The Morgan fingerprint density at radius 1 is 0.756 bits per heavy atom. The average Bonchev–Trinajstić information content (AvgIpc) is 3.26. The summed E-state index contributed by atoms with van der Waals surface area (Å²) >= 11 is 3.40. The van der Waals surface area contributed by atoms with Gasteiger partial charge >= 0.3 is 0 Å². The number of halogens is 1. The van der Waals surface area contributed by atoms with Gasteiger partial charge < -0.3 is 0 Å². The van der Waals surface area contributed by atoms with E-state index in [2.05, 4.69) is 15.9 Å². The lowest BCUT2D eigenvalue weighted by molar-refractivity contribution is -0.385. The molecule has 0 saturated carbocycles. The van der Waals surface area contributed by atoms with Crippen molar-refractivity contribution in [2.45, 2.75) is 18.4 Å². The van der Waals surface area contributed by atoms with Gasteiger partial charge in [0.15, 0.2) is 0 Å². The molecule has 41 heavy (non-hydrogen) atoms. The van der Waals surface area contributed by atoms with Crippen molar-refractivity contribution in [2.24, 2.45) is 11.8 Å². The molecule has 1 saturated heterocycles. The van der Waals surface area contributed by atoms with Gasteiger partial charge in [0.1, 0.15) is 5.56 Å². The number of carbonyl (C=O) groups is 3. The zero-order chi connectivity index (χ0) is 28.4. The van der Waals surface area contributed by atoms with Crippen molar-refractivity contribution in [1.82, 2.24) is 10.0 Å². The number of hydrogen-bond donors (Lipinski definition) is 0. The summed E-state index contributed by atoms with van der Waals surface area (Å²) in [5.41, 5.74) is 4.14. The molecule has 0 radical (unpaired) electrons. The number of carbonyl (C=O) groups excluding carboxylic acids is 3. The Morgan fingerprint density at radius 2 is 1.22 bits per heavy atom. The molecule has 1 fully saturated rings. The average molecular weight is 608 g/mol. The van der Waals surface area contributed by atoms with E-state index in [4.69, 9.17) is 0 Å². The zero-order valence-corrected chi connectivity index (χ0v) is 23.1. The summed E-state index contributed by atoms with van der Waals surface area (Å²) in [5, 5.41) is 13.9. The van der Waals surface area contributed by atoms with Gasteiger partial charge in [0.2, 0.25) is 0 Å². The highest BCUT2D eigenvalue weighted by Crippen LogP contribution is 2.61. The number of nitro benzene ring substituents is 1. The molecular weight excluding hydrogens is 586 g/mol. The first kappa shape index (κ1) is 25.3. The molecule has 1 aliphatic heterocycles. The fraction of sp³-hybridized carbons (Fsp3) is 0.156. The number of hydrogen-bond acceptors (Lipinski definition) is 5. The molecule has 2 bridgehead atoms. The van der Waals surface area contributed by atoms with Gasteiger partial charge in [-0.1, -0.05) is 88.7 Å². The smallest absolute Gasteiger partial charge is 0.272 e. The summed E-state index contributed by atoms with van der Waals surface area (Å²) in [4.78, 5) is 54.0. The van der Waals surface area contributed by atoms with Crippen LogP contribution in [0.3, 0.4) is 0 Å². The fourth-order valence-electron chi connectivity index (χ4n) is 6.85. The van der Waals surface area contributed by atoms with Crippen LogP contribution < -0.4 is 0 Å². The second-order valence-corrected chi connectivity index (χ2v) is 11.4. The molecular formula is C32H22BrN3O5. The maximum Gasteiger partial charge on any atom is 0.282 e. The number of amides is 3. The van der Waals surface area contributed by atoms with Crippen molar-refractivity contribution in [2.75, 3.05) is 0 Å². The van der Waals surface area contributed by atoms with Crippen molar-refractivity contribution in [1.29, 1.82) is 0 Å². The van der Waals surface area contributed by atoms with E-state index in [0.717, 1.165) is 36.7 Å². The molecule has 8 nitrogen and oxygen atoms in total. The number of nitrogens with zero attached hydrogens (tertiary/aromatic N) is 3. The van der Waals surface area contributed by atoms with Gasteiger partial charge in [0.25, 0.3) is 23.4 Å². The van der Waals surface area contributed by atoms with Crippen molar-refractivity contribution in [3.05, 3.63) is 145 Å². The van der Waals surface area contributed by atoms with Gasteiger partial charge in [-0.2, -0.15) is 5.01 Å². The van der Waals surface area contributed by atoms with Crippen LogP contribution in [0.2, 0.25) is 0 Å². The van der Waals surface area contributed by atoms with Crippen LogP contribution in [0.4, 0.5) is 5.69 Å². The molecule has 0 N–H and O–H groups in total. The summed E-state index contributed by atoms with van der Waals surface area (Å²) in [6.07, 6.45) is 0. The normalized spacial score (nSPS) is 21.7. The quantitative estimate of drug-likeness (QED) is 0.162. The first-order valence-corrected chi connectivity index (χ1v) is 14.0. The Balaban J connectivity index is 1.36. The van der Waals surface area contributed by atoms with Crippen molar-refractivity contribution in [3.8, 4) is 0 Å². The molecule has 4 aromatic rings. The number of rotatable bonds is 5. The number of benzene rings is 4. The number of hydrazine groups is 1. The van der Waals surface area contributed by atoms with Gasteiger partial charge in [-0.15, -0.1) is 0 Å². The van der Waals surface area contributed by atoms with E-state index in [1.54, 1.807) is 24.3 Å². The van der Waals surface area contributed by atoms with E-state index < -0.39 is 40.2 Å². The minimum Gasteiger partial charge on any atom is -0.272 e. The lowest BCUT2D eigenvalue weighted by Crippen LogP contribution is -2.50. The largest absolute Gasteiger partial charge is 0.282 e. The van der Waals surface area contributed by atoms with Crippen LogP contribution in [0, 0.1) is 22.0 Å². The molecule has 0 unspecified atom stereocenters. The summed E-state index contributed by atoms with van der Waals surface area (Å²) in [6, 6.07) is 28.5. The van der Waals surface area contributed by atoms with Crippen LogP contribution in [0.1, 0.15) is 50.0 Å². The molecule has 0 spiro atoms. The van der Waals surface area contributed by atoms with Gasteiger partial charge in [-0.3, -0.25) is 24.5 Å². The highest BCUT2D eigenvalue weighted by atomic mass is 79.9. The van der Waals surface area contributed by atoms with E-state index in [-0.39, 0.29) is 23.9 Å². The molecule has 1 heterocycles. The highest BCUT2D eigenvalue weighted by Gasteiger charge is 2.63. The first-order valence-electron chi connectivity index (χ1n) is 13.2. The molecule has 8 rings (SSSR count). The zero-order valence-electron chi connectivity index (χ0n) is 21.5. The minimum atomic E-state index is -0.789. The highest BCUT2D eigenvalue weighted by molar-refractivity contribution is 9.10. The van der Waals surface area contributed by atoms with Crippen LogP contribution in [0.25, 0.3) is 0 Å². The molecule has 9 heteroatoms. The third-order valence-electron chi connectivity index (χ3n) is 8.48. The molecule has 3 amide bonds.